The van der Waals surface area contributed by atoms with Crippen LogP contribution in [0.5, 0.6) is 0 Å². The van der Waals surface area contributed by atoms with Gasteiger partial charge in [0.15, 0.2) is 0 Å². The quantitative estimate of drug-likeness (QED) is 0.452. The molecule has 0 aliphatic carbocycles. The van der Waals surface area contributed by atoms with E-state index >= 15 is 0 Å². The average molecular weight is 273 g/mol. The first-order valence-electron chi connectivity index (χ1n) is 0. The van der Waals surface area contributed by atoms with Gasteiger partial charge in [-0.05, 0) is 0 Å². The smallest absolute Gasteiger partial charge is 0 e. The summed E-state index contributed by atoms with van der Waals surface area (Å²) in [6.07, 6.45) is 0. The third-order valence-corrected chi connectivity index (χ3v) is 0. The van der Waals surface area contributed by atoms with E-state index in [0.717, 1.165) is 0 Å². The van der Waals surface area contributed by atoms with Gasteiger partial charge < -0.3 is 0 Å². The van der Waals surface area contributed by atoms with Gasteiger partial charge in [0.25, 0.3) is 0 Å². The Bertz CT molecular complexity index is 3.90. The van der Waals surface area contributed by atoms with Crippen molar-refractivity contribution in [2.75, 3.05) is 0 Å². The minimum absolute atomic E-state index is 0. The molecule has 0 amide bonds. The summed E-state index contributed by atoms with van der Waals surface area (Å²) in [5.74, 6) is 0. The SMILES string of the molecule is [Eu].[Mg].[Mg].[Mg].[Mg].[Mg]. The molecule has 11 radical (unpaired) electrons. The van der Waals surface area contributed by atoms with Crippen molar-refractivity contribution >= 4 is 115 Å². The predicted octanol–water partition coefficient (Wildman–Crippen LogP) is -1.90. The van der Waals surface area contributed by atoms with Crippen LogP contribution in [0.3, 0.4) is 0 Å². The normalized spacial score (nSPS) is 0. The zero-order valence-electron chi connectivity index (χ0n) is 3.91. The molecular formula is EuMg5. The van der Waals surface area contributed by atoms with Gasteiger partial charge in [-0.1, -0.05) is 0 Å². The van der Waals surface area contributed by atoms with Crippen LogP contribution in [-0.4, -0.2) is 115 Å². The molecule has 6 heavy (non-hydrogen) atoms. The van der Waals surface area contributed by atoms with Crippen molar-refractivity contribution in [3.8, 4) is 0 Å². The van der Waals surface area contributed by atoms with E-state index in [1.54, 1.807) is 0 Å². The molecule has 0 spiro atoms. The van der Waals surface area contributed by atoms with E-state index in [0.29, 0.717) is 0 Å². The van der Waals surface area contributed by atoms with Gasteiger partial charge in [0, 0.05) is 165 Å². The number of hydrogen-bond acceptors (Lipinski definition) is 0. The topological polar surface area (TPSA) is 0 Å². The Labute approximate surface area is 160 Å². The molecule has 0 N–H and O–H groups in total. The van der Waals surface area contributed by atoms with Crippen LogP contribution in [0, 0.1) is 49.4 Å². The largest absolute Gasteiger partial charge is 0 e. The van der Waals surface area contributed by atoms with Crippen molar-refractivity contribution in [3.63, 3.8) is 0 Å². The fraction of sp³-hybridized carbons (Fsp3) is 0. The van der Waals surface area contributed by atoms with Gasteiger partial charge >= 0.3 is 0 Å². The fourth-order valence-corrected chi connectivity index (χ4v) is 0. The van der Waals surface area contributed by atoms with Crippen molar-refractivity contribution in [2.45, 2.75) is 0 Å². The zero-order chi connectivity index (χ0) is 0. The van der Waals surface area contributed by atoms with Crippen LogP contribution >= 0.6 is 0 Å². The summed E-state index contributed by atoms with van der Waals surface area (Å²) in [5, 5.41) is 0. The second-order valence-electron chi connectivity index (χ2n) is 0. The molecule has 0 heterocycles. The second kappa shape index (κ2) is 31.5. The molecule has 0 rings (SSSR count). The first kappa shape index (κ1) is 42.2. The molecular weight excluding hydrogens is 273 g/mol. The Kier molecular flexibility index (Phi) is 222. The van der Waals surface area contributed by atoms with E-state index in [-0.39, 0.29) is 165 Å². The van der Waals surface area contributed by atoms with Gasteiger partial charge in [0.1, 0.15) is 0 Å². The Balaban J connectivity index is 0. The first-order chi connectivity index (χ1) is 0. The molecule has 0 saturated heterocycles. The molecule has 0 atom stereocenters. The number of hydrogen-bond donors (Lipinski definition) is 0. The van der Waals surface area contributed by atoms with E-state index in [1.165, 1.54) is 0 Å². The van der Waals surface area contributed by atoms with Crippen LogP contribution in [0.4, 0.5) is 0 Å². The molecule has 0 aliphatic heterocycles. The number of rotatable bonds is 0. The maximum absolute atomic E-state index is 0. The van der Waals surface area contributed by atoms with Crippen LogP contribution in [0.2, 0.25) is 0 Å². The van der Waals surface area contributed by atoms with Crippen LogP contribution in [0.15, 0.2) is 0 Å². The third kappa shape index (κ3) is 22.7. The summed E-state index contributed by atoms with van der Waals surface area (Å²) >= 11 is 0. The average Bonchev–Trinajstić information content (AvgIpc) is 0. The van der Waals surface area contributed by atoms with Crippen molar-refractivity contribution in [2.24, 2.45) is 0 Å². The van der Waals surface area contributed by atoms with Crippen molar-refractivity contribution < 1.29 is 49.4 Å². The third-order valence-electron chi connectivity index (χ3n) is 0. The van der Waals surface area contributed by atoms with E-state index in [2.05, 4.69) is 0 Å². The van der Waals surface area contributed by atoms with Crippen molar-refractivity contribution in [1.29, 1.82) is 0 Å². The maximum atomic E-state index is 0. The van der Waals surface area contributed by atoms with Gasteiger partial charge in [-0.3, -0.25) is 0 Å². The summed E-state index contributed by atoms with van der Waals surface area (Å²) < 4.78 is 0. The minimum Gasteiger partial charge on any atom is 0 e. The second-order valence-corrected chi connectivity index (χ2v) is 0. The van der Waals surface area contributed by atoms with Gasteiger partial charge in [-0.15, -0.1) is 0 Å². The Morgan fingerprint density at radius 3 is 0.333 bits per heavy atom. The Morgan fingerprint density at radius 2 is 0.333 bits per heavy atom. The standard InChI is InChI=1S/Eu.5Mg. The summed E-state index contributed by atoms with van der Waals surface area (Å²) in [6.45, 7) is 0. The van der Waals surface area contributed by atoms with Gasteiger partial charge in [0.05, 0.1) is 0 Å². The Hall–Kier alpha value is 5.42. The molecule has 0 aromatic rings. The predicted molar refractivity (Wildman–Crippen MR) is 28.8 cm³/mol. The molecule has 0 aliphatic rings. The van der Waals surface area contributed by atoms with Gasteiger partial charge in [-0.2, -0.15) is 0 Å². The van der Waals surface area contributed by atoms with Crippen LogP contribution < -0.4 is 0 Å². The zero-order valence-corrected chi connectivity index (χ0v) is 13.4. The van der Waals surface area contributed by atoms with E-state index in [4.69, 9.17) is 0 Å². The summed E-state index contributed by atoms with van der Waals surface area (Å²) in [5.41, 5.74) is 0. The van der Waals surface area contributed by atoms with Gasteiger partial charge in [0.2, 0.25) is 0 Å². The summed E-state index contributed by atoms with van der Waals surface area (Å²) in [4.78, 5) is 0. The molecule has 0 unspecified atom stereocenters. The monoisotopic (exact) mass is 273 g/mol. The summed E-state index contributed by atoms with van der Waals surface area (Å²) in [6, 6.07) is 0. The van der Waals surface area contributed by atoms with Crippen LogP contribution in [0.25, 0.3) is 0 Å². The van der Waals surface area contributed by atoms with Gasteiger partial charge in [-0.25, -0.2) is 0 Å². The molecule has 17 valence electrons. The van der Waals surface area contributed by atoms with E-state index in [1.807, 2.05) is 0 Å². The Morgan fingerprint density at radius 1 is 0.333 bits per heavy atom. The first-order valence-corrected chi connectivity index (χ1v) is 0. The molecule has 0 nitrogen and oxygen atoms in total. The molecule has 0 aromatic carbocycles. The summed E-state index contributed by atoms with van der Waals surface area (Å²) in [7, 11) is 0. The molecule has 0 fully saturated rings. The fourth-order valence-electron chi connectivity index (χ4n) is 0. The minimum atomic E-state index is 0. The van der Waals surface area contributed by atoms with Crippen LogP contribution in [-0.2, 0) is 0 Å². The van der Waals surface area contributed by atoms with Crippen molar-refractivity contribution in [1.82, 2.24) is 0 Å². The van der Waals surface area contributed by atoms with Crippen molar-refractivity contribution in [3.05, 3.63) is 0 Å². The molecule has 0 saturated carbocycles. The molecule has 6 heteroatoms. The van der Waals surface area contributed by atoms with Crippen LogP contribution in [0.1, 0.15) is 0 Å². The molecule has 0 bridgehead atoms. The maximum Gasteiger partial charge on any atom is 0 e. The van der Waals surface area contributed by atoms with E-state index in [9.17, 15) is 0 Å². The van der Waals surface area contributed by atoms with E-state index < -0.39 is 0 Å². The molecule has 0 aromatic heterocycles.